The maximum atomic E-state index is 11.6. The SMILES string of the molecule is CCN(CC)C(=O)NCCOc1ccccc1Cl. The lowest BCUT2D eigenvalue weighted by atomic mass is 10.3. The minimum absolute atomic E-state index is 0.0669. The summed E-state index contributed by atoms with van der Waals surface area (Å²) in [6.45, 7) is 6.16. The van der Waals surface area contributed by atoms with Crippen molar-refractivity contribution >= 4 is 17.6 Å². The van der Waals surface area contributed by atoms with Crippen LogP contribution in [-0.2, 0) is 0 Å². The van der Waals surface area contributed by atoms with Crippen molar-refractivity contribution < 1.29 is 9.53 Å². The van der Waals surface area contributed by atoms with Crippen LogP contribution in [0.3, 0.4) is 0 Å². The Morgan fingerprint density at radius 2 is 2.00 bits per heavy atom. The number of hydrogen-bond donors (Lipinski definition) is 1. The van der Waals surface area contributed by atoms with E-state index >= 15 is 0 Å². The van der Waals surface area contributed by atoms with Crippen LogP contribution in [0.4, 0.5) is 4.79 Å². The molecule has 18 heavy (non-hydrogen) atoms. The molecule has 1 aromatic rings. The van der Waals surface area contributed by atoms with E-state index in [1.165, 1.54) is 0 Å². The summed E-state index contributed by atoms with van der Waals surface area (Å²) in [7, 11) is 0. The Labute approximate surface area is 113 Å². The van der Waals surface area contributed by atoms with Crippen LogP contribution in [0.1, 0.15) is 13.8 Å². The molecule has 0 saturated carbocycles. The summed E-state index contributed by atoms with van der Waals surface area (Å²) in [5.74, 6) is 0.635. The van der Waals surface area contributed by atoms with Crippen LogP contribution in [0.25, 0.3) is 0 Å². The van der Waals surface area contributed by atoms with Gasteiger partial charge in [-0.2, -0.15) is 0 Å². The number of nitrogens with one attached hydrogen (secondary N) is 1. The molecule has 0 bridgehead atoms. The Morgan fingerprint density at radius 3 is 2.61 bits per heavy atom. The summed E-state index contributed by atoms with van der Waals surface area (Å²) in [5, 5.41) is 3.37. The predicted octanol–water partition coefficient (Wildman–Crippen LogP) is 2.77. The maximum absolute atomic E-state index is 11.6. The number of ether oxygens (including phenoxy) is 1. The predicted molar refractivity (Wildman–Crippen MR) is 73.3 cm³/mol. The quantitative estimate of drug-likeness (QED) is 0.808. The largest absolute Gasteiger partial charge is 0.490 e. The van der Waals surface area contributed by atoms with Crippen molar-refractivity contribution in [3.8, 4) is 5.75 Å². The van der Waals surface area contributed by atoms with Gasteiger partial charge in [0, 0.05) is 13.1 Å². The molecule has 0 aliphatic rings. The highest BCUT2D eigenvalue weighted by molar-refractivity contribution is 6.32. The molecule has 5 heteroatoms. The van der Waals surface area contributed by atoms with Crippen LogP contribution >= 0.6 is 11.6 Å². The Balaban J connectivity index is 2.27. The number of hydrogen-bond acceptors (Lipinski definition) is 2. The van der Waals surface area contributed by atoms with Gasteiger partial charge in [-0.1, -0.05) is 23.7 Å². The molecule has 0 radical (unpaired) electrons. The van der Waals surface area contributed by atoms with E-state index in [9.17, 15) is 4.79 Å². The number of halogens is 1. The first-order valence-corrected chi connectivity index (χ1v) is 6.47. The number of amides is 2. The van der Waals surface area contributed by atoms with Crippen LogP contribution in [0.5, 0.6) is 5.75 Å². The van der Waals surface area contributed by atoms with Gasteiger partial charge >= 0.3 is 6.03 Å². The lowest BCUT2D eigenvalue weighted by Gasteiger charge is -2.19. The first-order chi connectivity index (χ1) is 8.69. The van der Waals surface area contributed by atoms with E-state index in [1.807, 2.05) is 26.0 Å². The summed E-state index contributed by atoms with van der Waals surface area (Å²) < 4.78 is 5.47. The molecule has 100 valence electrons. The van der Waals surface area contributed by atoms with Crippen molar-refractivity contribution in [3.05, 3.63) is 29.3 Å². The molecule has 0 spiro atoms. The van der Waals surface area contributed by atoms with Gasteiger partial charge in [-0.05, 0) is 26.0 Å². The summed E-state index contributed by atoms with van der Waals surface area (Å²) >= 11 is 5.94. The minimum atomic E-state index is -0.0669. The van der Waals surface area contributed by atoms with Crippen LogP contribution in [0.15, 0.2) is 24.3 Å². The van der Waals surface area contributed by atoms with E-state index in [0.29, 0.717) is 37.0 Å². The molecule has 0 aliphatic carbocycles. The average molecular weight is 271 g/mol. The van der Waals surface area contributed by atoms with E-state index in [2.05, 4.69) is 5.32 Å². The molecule has 2 amide bonds. The zero-order valence-electron chi connectivity index (χ0n) is 10.8. The third kappa shape index (κ3) is 4.45. The molecule has 0 atom stereocenters. The fourth-order valence-corrected chi connectivity index (χ4v) is 1.69. The number of benzene rings is 1. The summed E-state index contributed by atoms with van der Waals surface area (Å²) in [4.78, 5) is 13.3. The van der Waals surface area contributed by atoms with Gasteiger partial charge in [-0.25, -0.2) is 4.79 Å². The Morgan fingerprint density at radius 1 is 1.33 bits per heavy atom. The second-order valence-electron chi connectivity index (χ2n) is 3.68. The van der Waals surface area contributed by atoms with E-state index in [0.717, 1.165) is 0 Å². The van der Waals surface area contributed by atoms with E-state index in [-0.39, 0.29) is 6.03 Å². The Hall–Kier alpha value is -1.42. The second kappa shape index (κ2) is 7.82. The van der Waals surface area contributed by atoms with Gasteiger partial charge in [0.25, 0.3) is 0 Å². The molecular formula is C13H19ClN2O2. The van der Waals surface area contributed by atoms with E-state index in [4.69, 9.17) is 16.3 Å². The van der Waals surface area contributed by atoms with Gasteiger partial charge in [0.05, 0.1) is 11.6 Å². The van der Waals surface area contributed by atoms with Gasteiger partial charge in [-0.3, -0.25) is 0 Å². The van der Waals surface area contributed by atoms with Gasteiger partial charge < -0.3 is 15.0 Å². The molecule has 0 aromatic heterocycles. The number of para-hydroxylation sites is 1. The van der Waals surface area contributed by atoms with Crippen molar-refractivity contribution in [2.24, 2.45) is 0 Å². The van der Waals surface area contributed by atoms with Gasteiger partial charge in [0.2, 0.25) is 0 Å². The first-order valence-electron chi connectivity index (χ1n) is 6.09. The zero-order valence-corrected chi connectivity index (χ0v) is 11.5. The molecule has 0 fully saturated rings. The van der Waals surface area contributed by atoms with Crippen LogP contribution in [0, 0.1) is 0 Å². The Kier molecular flexibility index (Phi) is 6.36. The van der Waals surface area contributed by atoms with Gasteiger partial charge in [-0.15, -0.1) is 0 Å². The molecule has 1 N–H and O–H groups in total. The molecule has 1 aromatic carbocycles. The average Bonchev–Trinajstić information content (AvgIpc) is 2.38. The number of rotatable bonds is 6. The highest BCUT2D eigenvalue weighted by atomic mass is 35.5. The zero-order chi connectivity index (χ0) is 13.4. The van der Waals surface area contributed by atoms with Crippen molar-refractivity contribution in [1.82, 2.24) is 10.2 Å². The second-order valence-corrected chi connectivity index (χ2v) is 4.09. The van der Waals surface area contributed by atoms with Crippen LogP contribution < -0.4 is 10.1 Å². The molecule has 0 heterocycles. The smallest absolute Gasteiger partial charge is 0.317 e. The standard InChI is InChI=1S/C13H19ClN2O2/c1-3-16(4-2)13(17)15-9-10-18-12-8-6-5-7-11(12)14/h5-8H,3-4,9-10H2,1-2H3,(H,15,17). The fourth-order valence-electron chi connectivity index (χ4n) is 1.50. The topological polar surface area (TPSA) is 41.6 Å². The monoisotopic (exact) mass is 270 g/mol. The van der Waals surface area contributed by atoms with Crippen molar-refractivity contribution in [2.45, 2.75) is 13.8 Å². The lowest BCUT2D eigenvalue weighted by Crippen LogP contribution is -2.41. The van der Waals surface area contributed by atoms with E-state index in [1.54, 1.807) is 17.0 Å². The van der Waals surface area contributed by atoms with E-state index < -0.39 is 0 Å². The number of carbonyl (C=O) groups excluding carboxylic acids is 1. The highest BCUT2D eigenvalue weighted by Gasteiger charge is 2.07. The van der Waals surface area contributed by atoms with Crippen LogP contribution in [-0.4, -0.2) is 37.2 Å². The summed E-state index contributed by atoms with van der Waals surface area (Å²) in [6.07, 6.45) is 0. The van der Waals surface area contributed by atoms with Crippen molar-refractivity contribution in [2.75, 3.05) is 26.2 Å². The van der Waals surface area contributed by atoms with Crippen molar-refractivity contribution in [1.29, 1.82) is 0 Å². The highest BCUT2D eigenvalue weighted by Crippen LogP contribution is 2.22. The fraction of sp³-hybridized carbons (Fsp3) is 0.462. The lowest BCUT2D eigenvalue weighted by molar-refractivity contribution is 0.200. The maximum Gasteiger partial charge on any atom is 0.317 e. The summed E-state index contributed by atoms with van der Waals surface area (Å²) in [5.41, 5.74) is 0. The van der Waals surface area contributed by atoms with Crippen LogP contribution in [0.2, 0.25) is 5.02 Å². The number of nitrogens with zero attached hydrogens (tertiary/aromatic N) is 1. The summed E-state index contributed by atoms with van der Waals surface area (Å²) in [6, 6.07) is 7.20. The third-order valence-corrected chi connectivity index (χ3v) is 2.84. The van der Waals surface area contributed by atoms with Gasteiger partial charge in [0.1, 0.15) is 12.4 Å². The molecule has 0 unspecified atom stereocenters. The molecule has 0 aliphatic heterocycles. The molecule has 1 rings (SSSR count). The molecule has 0 saturated heterocycles. The van der Waals surface area contributed by atoms with Crippen molar-refractivity contribution in [3.63, 3.8) is 0 Å². The third-order valence-electron chi connectivity index (χ3n) is 2.52. The minimum Gasteiger partial charge on any atom is -0.490 e. The van der Waals surface area contributed by atoms with Gasteiger partial charge in [0.15, 0.2) is 0 Å². The molecular weight excluding hydrogens is 252 g/mol. The molecule has 4 nitrogen and oxygen atoms in total. The number of urea groups is 1. The number of carbonyl (C=O) groups is 1. The Bertz CT molecular complexity index is 381. The first kappa shape index (κ1) is 14.6. The normalized spacial score (nSPS) is 9.94.